The van der Waals surface area contributed by atoms with Gasteiger partial charge in [-0.2, -0.15) is 18.3 Å². The molecule has 0 bridgehead atoms. The molecular weight excluding hydrogens is 255 g/mol. The van der Waals surface area contributed by atoms with Gasteiger partial charge in [-0.3, -0.25) is 9.48 Å². The van der Waals surface area contributed by atoms with Gasteiger partial charge < -0.3 is 10.4 Å². The zero-order valence-electron chi connectivity index (χ0n) is 9.50. The fourth-order valence-electron chi connectivity index (χ4n) is 1.36. The van der Waals surface area contributed by atoms with Gasteiger partial charge in [0.2, 0.25) is 0 Å². The van der Waals surface area contributed by atoms with E-state index >= 15 is 0 Å². The second kappa shape index (κ2) is 4.67. The Morgan fingerprint density at radius 1 is 1.44 bits per heavy atom. The Labute approximate surface area is 99.4 Å². The molecule has 1 aromatic heterocycles. The van der Waals surface area contributed by atoms with Crippen molar-refractivity contribution in [1.29, 1.82) is 0 Å². The molecule has 0 saturated carbocycles. The lowest BCUT2D eigenvalue weighted by atomic mass is 10.3. The first-order chi connectivity index (χ1) is 8.18. The number of hydrogen-bond donors (Lipinski definition) is 2. The van der Waals surface area contributed by atoms with Crippen LogP contribution in [0.2, 0.25) is 0 Å². The zero-order valence-corrected chi connectivity index (χ0v) is 9.50. The van der Waals surface area contributed by atoms with Gasteiger partial charge in [0.1, 0.15) is 0 Å². The first-order valence-electron chi connectivity index (χ1n) is 4.87. The molecule has 0 aliphatic rings. The molecule has 1 rings (SSSR count). The summed E-state index contributed by atoms with van der Waals surface area (Å²) in [6, 6.07) is 0. The number of carbonyl (C=O) groups excluding carboxylic acids is 1. The SMILES string of the molecule is CCn1nc(C)c(NC(=O)C(F)(F)F)c1C(=O)O. The van der Waals surface area contributed by atoms with E-state index in [9.17, 15) is 22.8 Å². The van der Waals surface area contributed by atoms with Crippen molar-refractivity contribution in [2.24, 2.45) is 0 Å². The van der Waals surface area contributed by atoms with Gasteiger partial charge in [-0.25, -0.2) is 4.79 Å². The average Bonchev–Trinajstić information content (AvgIpc) is 2.54. The summed E-state index contributed by atoms with van der Waals surface area (Å²) in [5.41, 5.74) is -0.911. The molecule has 0 unspecified atom stereocenters. The summed E-state index contributed by atoms with van der Waals surface area (Å²) in [6.07, 6.45) is -5.09. The Hall–Kier alpha value is -2.06. The largest absolute Gasteiger partial charge is 0.476 e. The minimum atomic E-state index is -5.09. The van der Waals surface area contributed by atoms with Crippen molar-refractivity contribution in [1.82, 2.24) is 9.78 Å². The number of aromatic nitrogens is 2. The van der Waals surface area contributed by atoms with Crippen LogP contribution in [0.25, 0.3) is 0 Å². The smallest absolute Gasteiger partial charge is 0.471 e. The second-order valence-corrected chi connectivity index (χ2v) is 3.38. The highest BCUT2D eigenvalue weighted by atomic mass is 19.4. The molecule has 0 spiro atoms. The Bertz CT molecular complexity index is 493. The summed E-state index contributed by atoms with van der Waals surface area (Å²) in [5.74, 6) is -3.70. The number of carboxylic acids is 1. The first kappa shape index (κ1) is 14.0. The maximum Gasteiger partial charge on any atom is 0.471 e. The lowest BCUT2D eigenvalue weighted by molar-refractivity contribution is -0.167. The first-order valence-corrected chi connectivity index (χ1v) is 4.87. The lowest BCUT2D eigenvalue weighted by Crippen LogP contribution is -2.30. The van der Waals surface area contributed by atoms with Crippen LogP contribution >= 0.6 is 0 Å². The Kier molecular flexibility index (Phi) is 3.63. The van der Waals surface area contributed by atoms with E-state index in [1.165, 1.54) is 12.2 Å². The number of anilines is 1. The van der Waals surface area contributed by atoms with Gasteiger partial charge in [0.25, 0.3) is 0 Å². The van der Waals surface area contributed by atoms with Gasteiger partial charge in [0, 0.05) is 6.54 Å². The fraction of sp³-hybridized carbons (Fsp3) is 0.444. The van der Waals surface area contributed by atoms with Crippen molar-refractivity contribution < 1.29 is 27.9 Å². The molecule has 18 heavy (non-hydrogen) atoms. The molecule has 0 atom stereocenters. The van der Waals surface area contributed by atoms with Gasteiger partial charge >= 0.3 is 18.1 Å². The summed E-state index contributed by atoms with van der Waals surface area (Å²) < 4.78 is 37.3. The number of alkyl halides is 3. The molecule has 1 aromatic rings. The molecule has 1 amide bonds. The molecule has 100 valence electrons. The van der Waals surface area contributed by atoms with Crippen molar-refractivity contribution in [3.05, 3.63) is 11.4 Å². The van der Waals surface area contributed by atoms with Gasteiger partial charge in [-0.05, 0) is 13.8 Å². The predicted molar refractivity (Wildman–Crippen MR) is 54.3 cm³/mol. The van der Waals surface area contributed by atoms with Crippen molar-refractivity contribution in [3.63, 3.8) is 0 Å². The highest BCUT2D eigenvalue weighted by Crippen LogP contribution is 2.24. The number of hydrogen-bond acceptors (Lipinski definition) is 3. The van der Waals surface area contributed by atoms with Crippen LogP contribution in [-0.2, 0) is 11.3 Å². The van der Waals surface area contributed by atoms with E-state index in [4.69, 9.17) is 5.11 Å². The van der Waals surface area contributed by atoms with E-state index in [0.717, 1.165) is 4.68 Å². The molecule has 2 N–H and O–H groups in total. The number of aromatic carboxylic acids is 1. The van der Waals surface area contributed by atoms with Crippen molar-refractivity contribution in [2.45, 2.75) is 26.6 Å². The molecule has 6 nitrogen and oxygen atoms in total. The minimum absolute atomic E-state index is 0.00634. The van der Waals surface area contributed by atoms with Crippen LogP contribution in [0.1, 0.15) is 23.1 Å². The second-order valence-electron chi connectivity index (χ2n) is 3.38. The van der Waals surface area contributed by atoms with Crippen LogP contribution in [0, 0.1) is 6.92 Å². The van der Waals surface area contributed by atoms with E-state index in [-0.39, 0.29) is 12.2 Å². The average molecular weight is 265 g/mol. The van der Waals surface area contributed by atoms with E-state index in [1.54, 1.807) is 6.92 Å². The van der Waals surface area contributed by atoms with Crippen LogP contribution < -0.4 is 5.32 Å². The Balaban J connectivity index is 3.20. The van der Waals surface area contributed by atoms with E-state index < -0.39 is 29.4 Å². The number of nitrogens with zero attached hydrogens (tertiary/aromatic N) is 2. The quantitative estimate of drug-likeness (QED) is 0.865. The summed E-state index contributed by atoms with van der Waals surface area (Å²) in [6.45, 7) is 3.04. The minimum Gasteiger partial charge on any atom is -0.476 e. The number of halogens is 3. The maximum atomic E-state index is 12.1. The topological polar surface area (TPSA) is 84.2 Å². The Morgan fingerprint density at radius 3 is 2.39 bits per heavy atom. The number of nitrogens with one attached hydrogen (secondary N) is 1. The van der Waals surface area contributed by atoms with Crippen molar-refractivity contribution in [2.75, 3.05) is 5.32 Å². The molecule has 0 saturated heterocycles. The monoisotopic (exact) mass is 265 g/mol. The van der Waals surface area contributed by atoms with E-state index in [2.05, 4.69) is 5.10 Å². The van der Waals surface area contributed by atoms with Crippen LogP contribution in [0.15, 0.2) is 0 Å². The lowest BCUT2D eigenvalue weighted by Gasteiger charge is -2.08. The summed E-state index contributed by atoms with van der Waals surface area (Å²) in [4.78, 5) is 21.7. The highest BCUT2D eigenvalue weighted by Gasteiger charge is 2.40. The molecule has 0 aromatic carbocycles. The van der Waals surface area contributed by atoms with Gasteiger partial charge in [0.15, 0.2) is 5.69 Å². The van der Waals surface area contributed by atoms with Crippen LogP contribution in [0.5, 0.6) is 0 Å². The molecule has 0 aliphatic carbocycles. The number of carboxylic acid groups (broad SMARTS) is 1. The molecule has 1 heterocycles. The van der Waals surface area contributed by atoms with Crippen LogP contribution in [0.3, 0.4) is 0 Å². The van der Waals surface area contributed by atoms with Crippen LogP contribution in [0.4, 0.5) is 18.9 Å². The summed E-state index contributed by atoms with van der Waals surface area (Å²) >= 11 is 0. The van der Waals surface area contributed by atoms with Gasteiger partial charge in [-0.1, -0.05) is 0 Å². The zero-order chi connectivity index (χ0) is 14.1. The third-order valence-corrected chi connectivity index (χ3v) is 2.13. The normalized spacial score (nSPS) is 11.4. The molecule has 0 radical (unpaired) electrons. The van der Waals surface area contributed by atoms with Crippen molar-refractivity contribution in [3.8, 4) is 0 Å². The summed E-state index contributed by atoms with van der Waals surface area (Å²) in [5, 5.41) is 14.2. The highest BCUT2D eigenvalue weighted by molar-refractivity contribution is 6.02. The van der Waals surface area contributed by atoms with Crippen molar-refractivity contribution >= 4 is 17.6 Å². The van der Waals surface area contributed by atoms with Gasteiger partial charge in [-0.15, -0.1) is 0 Å². The third kappa shape index (κ3) is 2.60. The Morgan fingerprint density at radius 2 is 2.00 bits per heavy atom. The van der Waals surface area contributed by atoms with Crippen LogP contribution in [-0.4, -0.2) is 32.9 Å². The molecular formula is C9H10F3N3O3. The number of amides is 1. The van der Waals surface area contributed by atoms with E-state index in [1.807, 2.05) is 0 Å². The molecule has 0 aliphatic heterocycles. The molecule has 9 heteroatoms. The third-order valence-electron chi connectivity index (χ3n) is 2.13. The number of rotatable bonds is 3. The standard InChI is InChI=1S/C9H10F3N3O3/c1-3-15-6(7(16)17)5(4(2)14-15)13-8(18)9(10,11)12/h3H2,1-2H3,(H,13,18)(H,16,17). The fourth-order valence-corrected chi connectivity index (χ4v) is 1.36. The number of carbonyl (C=O) groups is 2. The molecule has 0 fully saturated rings. The predicted octanol–water partition coefficient (Wildman–Crippen LogP) is 1.41. The summed E-state index contributed by atoms with van der Waals surface area (Å²) in [7, 11) is 0. The maximum absolute atomic E-state index is 12.1. The van der Waals surface area contributed by atoms with E-state index in [0.29, 0.717) is 0 Å². The number of aryl methyl sites for hydroxylation is 2. The van der Waals surface area contributed by atoms with Gasteiger partial charge in [0.05, 0.1) is 11.4 Å².